The predicted molar refractivity (Wildman–Crippen MR) is 77.7 cm³/mol. The fourth-order valence-electron chi connectivity index (χ4n) is 2.17. The Morgan fingerprint density at radius 3 is 2.35 bits per heavy atom. The van der Waals surface area contributed by atoms with Gasteiger partial charge in [0.2, 0.25) is 0 Å². The van der Waals surface area contributed by atoms with Crippen LogP contribution in [0.15, 0.2) is 48.5 Å². The quantitative estimate of drug-likeness (QED) is 0.667. The molecule has 1 aromatic heterocycles. The minimum absolute atomic E-state index is 0.186. The van der Waals surface area contributed by atoms with E-state index >= 15 is 0 Å². The van der Waals surface area contributed by atoms with Crippen molar-refractivity contribution in [2.75, 3.05) is 5.32 Å². The molecule has 2 N–H and O–H groups in total. The fourth-order valence-corrected chi connectivity index (χ4v) is 2.17. The lowest BCUT2D eigenvalue weighted by Crippen LogP contribution is -2.12. The van der Waals surface area contributed by atoms with Gasteiger partial charge in [-0.15, -0.1) is 0 Å². The van der Waals surface area contributed by atoms with Crippen LogP contribution in [0.4, 0.5) is 23.2 Å². The van der Waals surface area contributed by atoms with E-state index in [1.165, 1.54) is 36.4 Å². The van der Waals surface area contributed by atoms with Crippen LogP contribution in [0.2, 0.25) is 0 Å². The maximum atomic E-state index is 13.1. The third kappa shape index (κ3) is 3.18. The van der Waals surface area contributed by atoms with E-state index in [-0.39, 0.29) is 11.4 Å². The lowest BCUT2D eigenvalue weighted by atomic mass is 10.2. The highest BCUT2D eigenvalue weighted by atomic mass is 19.4. The van der Waals surface area contributed by atoms with Gasteiger partial charge in [0.05, 0.1) is 5.56 Å². The molecular formula is C16H10F4N2O. The Balaban J connectivity index is 1.80. The van der Waals surface area contributed by atoms with Gasteiger partial charge in [0, 0.05) is 16.6 Å². The maximum Gasteiger partial charge on any atom is 0.416 e. The number of H-pyrrole nitrogens is 1. The molecule has 0 bridgehead atoms. The molecule has 118 valence electrons. The summed E-state index contributed by atoms with van der Waals surface area (Å²) in [7, 11) is 0. The van der Waals surface area contributed by atoms with Gasteiger partial charge in [-0.2, -0.15) is 13.2 Å². The number of rotatable bonds is 2. The van der Waals surface area contributed by atoms with Gasteiger partial charge in [0.25, 0.3) is 5.91 Å². The van der Waals surface area contributed by atoms with Crippen LogP contribution < -0.4 is 5.32 Å². The molecule has 3 rings (SSSR count). The molecule has 0 unspecified atom stereocenters. The van der Waals surface area contributed by atoms with Crippen molar-refractivity contribution in [3.63, 3.8) is 0 Å². The Morgan fingerprint density at radius 2 is 1.70 bits per heavy atom. The smallest absolute Gasteiger partial charge is 0.351 e. The van der Waals surface area contributed by atoms with Crippen LogP contribution in [0.25, 0.3) is 10.9 Å². The monoisotopic (exact) mass is 322 g/mol. The van der Waals surface area contributed by atoms with Crippen LogP contribution in [0.1, 0.15) is 16.1 Å². The van der Waals surface area contributed by atoms with Gasteiger partial charge in [-0.25, -0.2) is 4.39 Å². The molecular weight excluding hydrogens is 312 g/mol. The Labute approximate surface area is 127 Å². The Morgan fingerprint density at radius 1 is 1.00 bits per heavy atom. The van der Waals surface area contributed by atoms with E-state index in [0.717, 1.165) is 12.1 Å². The van der Waals surface area contributed by atoms with Crippen molar-refractivity contribution in [2.45, 2.75) is 6.18 Å². The minimum Gasteiger partial charge on any atom is -0.351 e. The van der Waals surface area contributed by atoms with Crippen LogP contribution in [0, 0.1) is 5.82 Å². The summed E-state index contributed by atoms with van der Waals surface area (Å²) in [4.78, 5) is 14.9. The number of fused-ring (bicyclic) bond motifs is 1. The number of alkyl halides is 3. The number of hydrogen-bond donors (Lipinski definition) is 2. The molecule has 0 radical (unpaired) electrons. The molecule has 0 saturated heterocycles. The second-order valence-electron chi connectivity index (χ2n) is 4.94. The van der Waals surface area contributed by atoms with Crippen molar-refractivity contribution in [1.82, 2.24) is 4.98 Å². The SMILES string of the molecule is O=C(Nc1ccc(C(F)(F)F)cc1)c1cc2cc(F)ccc2[nH]1. The average molecular weight is 322 g/mol. The lowest BCUT2D eigenvalue weighted by Gasteiger charge is -2.08. The topological polar surface area (TPSA) is 44.9 Å². The minimum atomic E-state index is -4.43. The first kappa shape index (κ1) is 15.1. The summed E-state index contributed by atoms with van der Waals surface area (Å²) >= 11 is 0. The molecule has 0 fully saturated rings. The molecule has 1 heterocycles. The fraction of sp³-hybridized carbons (Fsp3) is 0.0625. The molecule has 2 aromatic carbocycles. The van der Waals surface area contributed by atoms with Gasteiger partial charge < -0.3 is 10.3 Å². The first-order valence-electron chi connectivity index (χ1n) is 6.60. The van der Waals surface area contributed by atoms with Gasteiger partial charge in [0.1, 0.15) is 11.5 Å². The molecule has 0 aliphatic rings. The van der Waals surface area contributed by atoms with Crippen LogP contribution in [-0.2, 0) is 6.18 Å². The highest BCUT2D eigenvalue weighted by molar-refractivity contribution is 6.05. The second-order valence-corrected chi connectivity index (χ2v) is 4.94. The molecule has 3 aromatic rings. The number of amides is 1. The molecule has 3 nitrogen and oxygen atoms in total. The summed E-state index contributed by atoms with van der Waals surface area (Å²) < 4.78 is 50.5. The number of halogens is 4. The van der Waals surface area contributed by atoms with Gasteiger partial charge in [-0.05, 0) is 48.5 Å². The van der Waals surface area contributed by atoms with E-state index in [9.17, 15) is 22.4 Å². The Bertz CT molecular complexity index is 866. The highest BCUT2D eigenvalue weighted by Gasteiger charge is 2.30. The zero-order chi connectivity index (χ0) is 16.6. The number of aromatic nitrogens is 1. The van der Waals surface area contributed by atoms with Gasteiger partial charge in [-0.3, -0.25) is 4.79 Å². The van der Waals surface area contributed by atoms with E-state index in [4.69, 9.17) is 0 Å². The van der Waals surface area contributed by atoms with E-state index in [1.807, 2.05) is 0 Å². The molecule has 0 aliphatic carbocycles. The molecule has 0 spiro atoms. The van der Waals surface area contributed by atoms with Gasteiger partial charge in [0.15, 0.2) is 0 Å². The first-order chi connectivity index (χ1) is 10.8. The maximum absolute atomic E-state index is 13.1. The van der Waals surface area contributed by atoms with Gasteiger partial charge >= 0.3 is 6.18 Å². The summed E-state index contributed by atoms with van der Waals surface area (Å²) in [5.74, 6) is -0.951. The number of nitrogens with one attached hydrogen (secondary N) is 2. The summed E-state index contributed by atoms with van der Waals surface area (Å²) in [5, 5.41) is 3.01. The van der Waals surface area contributed by atoms with Gasteiger partial charge in [-0.1, -0.05) is 0 Å². The molecule has 0 saturated carbocycles. The van der Waals surface area contributed by atoms with Crippen molar-refractivity contribution in [2.24, 2.45) is 0 Å². The Hall–Kier alpha value is -2.83. The van der Waals surface area contributed by atoms with Crippen LogP contribution in [0.3, 0.4) is 0 Å². The second kappa shape index (κ2) is 5.42. The number of carbonyl (C=O) groups excluding carboxylic acids is 1. The predicted octanol–water partition coefficient (Wildman–Crippen LogP) is 4.58. The number of anilines is 1. The highest BCUT2D eigenvalue weighted by Crippen LogP contribution is 2.30. The Kier molecular flexibility index (Phi) is 3.55. The van der Waals surface area contributed by atoms with Crippen molar-refractivity contribution in [3.05, 3.63) is 65.6 Å². The molecule has 1 amide bonds. The summed E-state index contributed by atoms with van der Waals surface area (Å²) in [6.07, 6.45) is -4.43. The largest absolute Gasteiger partial charge is 0.416 e. The normalized spacial score (nSPS) is 11.7. The lowest BCUT2D eigenvalue weighted by molar-refractivity contribution is -0.137. The summed E-state index contributed by atoms with van der Waals surface area (Å²) in [6.45, 7) is 0. The third-order valence-corrected chi connectivity index (χ3v) is 3.30. The summed E-state index contributed by atoms with van der Waals surface area (Å²) in [6, 6.07) is 9.62. The third-order valence-electron chi connectivity index (χ3n) is 3.30. The molecule has 0 aliphatic heterocycles. The van der Waals surface area contributed by atoms with Crippen molar-refractivity contribution in [3.8, 4) is 0 Å². The molecule has 23 heavy (non-hydrogen) atoms. The number of hydrogen-bond acceptors (Lipinski definition) is 1. The average Bonchev–Trinajstić information content (AvgIpc) is 2.90. The van der Waals surface area contributed by atoms with E-state index in [0.29, 0.717) is 10.9 Å². The molecule has 0 atom stereocenters. The zero-order valence-electron chi connectivity index (χ0n) is 11.5. The van der Waals surface area contributed by atoms with E-state index in [2.05, 4.69) is 10.3 Å². The van der Waals surface area contributed by atoms with Crippen LogP contribution in [-0.4, -0.2) is 10.9 Å². The first-order valence-corrected chi connectivity index (χ1v) is 6.60. The number of carbonyl (C=O) groups is 1. The summed E-state index contributed by atoms with van der Waals surface area (Å²) in [5.41, 5.74) is 0.207. The van der Waals surface area contributed by atoms with Crippen molar-refractivity contribution < 1.29 is 22.4 Å². The van der Waals surface area contributed by atoms with Crippen molar-refractivity contribution in [1.29, 1.82) is 0 Å². The van der Waals surface area contributed by atoms with Crippen LogP contribution >= 0.6 is 0 Å². The standard InChI is InChI=1S/C16H10F4N2O/c17-11-3-6-13-9(7-11)8-14(22-13)15(23)21-12-4-1-10(2-5-12)16(18,19)20/h1-8,22H,(H,21,23). The number of aromatic amines is 1. The van der Waals surface area contributed by atoms with Crippen molar-refractivity contribution >= 4 is 22.5 Å². The van der Waals surface area contributed by atoms with E-state index in [1.54, 1.807) is 0 Å². The number of benzene rings is 2. The molecule has 7 heteroatoms. The zero-order valence-corrected chi connectivity index (χ0v) is 11.5. The van der Waals surface area contributed by atoms with Crippen LogP contribution in [0.5, 0.6) is 0 Å². The van der Waals surface area contributed by atoms with E-state index < -0.39 is 23.5 Å².